The van der Waals surface area contributed by atoms with E-state index in [0.717, 1.165) is 5.56 Å². The monoisotopic (exact) mass is 349 g/mol. The number of hydrogen-bond acceptors (Lipinski definition) is 4. The van der Waals surface area contributed by atoms with Crippen molar-refractivity contribution < 1.29 is 9.31 Å². The molecule has 0 unspecified atom stereocenters. The fourth-order valence-electron chi connectivity index (χ4n) is 1.75. The molecule has 0 heterocycles. The summed E-state index contributed by atoms with van der Waals surface area (Å²) in [6.07, 6.45) is 0. The Hall–Kier alpha value is -2.46. The smallest absolute Gasteiger partial charge is 0.293 e. The van der Waals surface area contributed by atoms with Crippen LogP contribution < -0.4 is 5.32 Å². The van der Waals surface area contributed by atoms with Gasteiger partial charge in [0.05, 0.1) is 21.0 Å². The van der Waals surface area contributed by atoms with Crippen LogP contribution >= 0.6 is 15.9 Å². The van der Waals surface area contributed by atoms with Gasteiger partial charge < -0.3 is 5.32 Å². The Morgan fingerprint density at radius 3 is 2.71 bits per heavy atom. The summed E-state index contributed by atoms with van der Waals surface area (Å²) >= 11 is 3.08. The van der Waals surface area contributed by atoms with Crippen molar-refractivity contribution in [3.8, 4) is 6.07 Å². The molecule has 0 aliphatic heterocycles. The third kappa shape index (κ3) is 3.55. The van der Waals surface area contributed by atoms with Crippen LogP contribution in [0.2, 0.25) is 0 Å². The molecule has 0 aliphatic carbocycles. The molecule has 0 amide bonds. The summed E-state index contributed by atoms with van der Waals surface area (Å²) in [5.41, 5.74) is 1.12. The highest BCUT2D eigenvalue weighted by Gasteiger charge is 2.14. The average Bonchev–Trinajstić information content (AvgIpc) is 2.48. The molecular formula is C14H9BrFN3O2. The molecule has 2 rings (SSSR count). The van der Waals surface area contributed by atoms with Gasteiger partial charge in [0.15, 0.2) is 0 Å². The molecule has 1 N–H and O–H groups in total. The molecule has 7 heteroatoms. The van der Waals surface area contributed by atoms with Gasteiger partial charge in [-0.05, 0) is 45.8 Å². The summed E-state index contributed by atoms with van der Waals surface area (Å²) in [7, 11) is 0. The zero-order valence-electron chi connectivity index (χ0n) is 10.6. The lowest BCUT2D eigenvalue weighted by Crippen LogP contribution is -2.03. The Morgan fingerprint density at radius 1 is 1.33 bits per heavy atom. The molecule has 0 aliphatic rings. The van der Waals surface area contributed by atoms with E-state index >= 15 is 0 Å². The van der Waals surface area contributed by atoms with E-state index in [9.17, 15) is 14.5 Å². The van der Waals surface area contributed by atoms with Crippen molar-refractivity contribution in [2.75, 3.05) is 5.32 Å². The predicted molar refractivity (Wildman–Crippen MR) is 79.2 cm³/mol. The summed E-state index contributed by atoms with van der Waals surface area (Å²) in [4.78, 5) is 10.4. The summed E-state index contributed by atoms with van der Waals surface area (Å²) in [5, 5.41) is 22.7. The molecule has 2 aromatic rings. The number of halogens is 2. The first-order chi connectivity index (χ1) is 10.0. The number of nitrogens with zero attached hydrogens (tertiary/aromatic N) is 2. The number of nitro groups is 1. The van der Waals surface area contributed by atoms with Crippen molar-refractivity contribution in [2.24, 2.45) is 0 Å². The number of nitro benzene ring substituents is 1. The molecular weight excluding hydrogens is 341 g/mol. The lowest BCUT2D eigenvalue weighted by molar-refractivity contribution is -0.384. The molecule has 0 atom stereocenters. The largest absolute Gasteiger partial charge is 0.375 e. The van der Waals surface area contributed by atoms with Gasteiger partial charge in [-0.15, -0.1) is 0 Å². The molecule has 21 heavy (non-hydrogen) atoms. The Morgan fingerprint density at radius 2 is 2.10 bits per heavy atom. The molecule has 0 aromatic heterocycles. The highest BCUT2D eigenvalue weighted by molar-refractivity contribution is 9.10. The maximum Gasteiger partial charge on any atom is 0.293 e. The van der Waals surface area contributed by atoms with Crippen LogP contribution in [0.4, 0.5) is 15.8 Å². The summed E-state index contributed by atoms with van der Waals surface area (Å²) in [6, 6.07) is 10.5. The number of anilines is 1. The van der Waals surface area contributed by atoms with E-state index in [1.54, 1.807) is 12.1 Å². The highest BCUT2D eigenvalue weighted by Crippen LogP contribution is 2.26. The predicted octanol–water partition coefficient (Wildman–Crippen LogP) is 3.98. The number of nitriles is 1. The lowest BCUT2D eigenvalue weighted by Gasteiger charge is -2.08. The second-order valence-corrected chi connectivity index (χ2v) is 5.06. The number of nitrogens with one attached hydrogen (secondary N) is 1. The maximum absolute atomic E-state index is 13.1. The van der Waals surface area contributed by atoms with Crippen molar-refractivity contribution in [2.45, 2.75) is 6.54 Å². The molecule has 0 fully saturated rings. The van der Waals surface area contributed by atoms with Gasteiger partial charge >= 0.3 is 0 Å². The number of hydrogen-bond donors (Lipinski definition) is 1. The zero-order chi connectivity index (χ0) is 15.4. The van der Waals surface area contributed by atoms with Crippen LogP contribution in [0.25, 0.3) is 0 Å². The Bertz CT molecular complexity index is 743. The molecule has 2 aromatic carbocycles. The molecule has 0 saturated carbocycles. The minimum atomic E-state index is -0.552. The third-order valence-electron chi connectivity index (χ3n) is 2.79. The van der Waals surface area contributed by atoms with Crippen LogP contribution in [0, 0.1) is 27.3 Å². The normalized spacial score (nSPS) is 9.95. The summed E-state index contributed by atoms with van der Waals surface area (Å²) in [5.74, 6) is -0.372. The van der Waals surface area contributed by atoms with Crippen LogP contribution in [0.1, 0.15) is 11.1 Å². The zero-order valence-corrected chi connectivity index (χ0v) is 12.2. The second kappa shape index (κ2) is 6.33. The van der Waals surface area contributed by atoms with Crippen LogP contribution in [-0.4, -0.2) is 4.92 Å². The highest BCUT2D eigenvalue weighted by atomic mass is 79.9. The van der Waals surface area contributed by atoms with Crippen molar-refractivity contribution in [1.29, 1.82) is 5.26 Å². The van der Waals surface area contributed by atoms with Crippen LogP contribution in [0.3, 0.4) is 0 Å². The van der Waals surface area contributed by atoms with E-state index in [-0.39, 0.29) is 17.1 Å². The molecule has 0 spiro atoms. The van der Waals surface area contributed by atoms with Gasteiger partial charge in [0.25, 0.3) is 5.69 Å². The van der Waals surface area contributed by atoms with Gasteiger partial charge in [0.2, 0.25) is 0 Å². The van der Waals surface area contributed by atoms with Gasteiger partial charge in [-0.3, -0.25) is 10.1 Å². The first-order valence-corrected chi connectivity index (χ1v) is 6.67. The molecule has 0 saturated heterocycles. The third-order valence-corrected chi connectivity index (χ3v) is 3.40. The number of rotatable bonds is 4. The van der Waals surface area contributed by atoms with Gasteiger partial charge in [-0.25, -0.2) is 4.39 Å². The van der Waals surface area contributed by atoms with Crippen molar-refractivity contribution in [3.63, 3.8) is 0 Å². The lowest BCUT2D eigenvalue weighted by atomic mass is 10.1. The van der Waals surface area contributed by atoms with Gasteiger partial charge in [0.1, 0.15) is 11.5 Å². The van der Waals surface area contributed by atoms with E-state index < -0.39 is 4.92 Å². The molecule has 0 radical (unpaired) electrons. The van der Waals surface area contributed by atoms with Crippen LogP contribution in [-0.2, 0) is 6.54 Å². The fraction of sp³-hybridized carbons (Fsp3) is 0.0714. The first kappa shape index (κ1) is 14.9. The minimum Gasteiger partial charge on any atom is -0.375 e. The fourth-order valence-corrected chi connectivity index (χ4v) is 2.17. The SMILES string of the molecule is N#Cc1ccc(NCc2ccc(F)c(Br)c2)c([N+](=O)[O-])c1. The van der Waals surface area contributed by atoms with Gasteiger partial charge in [-0.2, -0.15) is 5.26 Å². The van der Waals surface area contributed by atoms with Crippen molar-refractivity contribution in [3.05, 3.63) is 67.9 Å². The van der Waals surface area contributed by atoms with E-state index in [4.69, 9.17) is 5.26 Å². The Kier molecular flexibility index (Phi) is 4.50. The van der Waals surface area contributed by atoms with Gasteiger partial charge in [-0.1, -0.05) is 6.07 Å². The standard InChI is InChI=1S/C14H9BrFN3O2/c15-11-5-10(1-3-12(11)16)8-18-13-4-2-9(7-17)6-14(13)19(20)21/h1-6,18H,8H2. The topological polar surface area (TPSA) is 79.0 Å². The van der Waals surface area contributed by atoms with Crippen LogP contribution in [0.15, 0.2) is 40.9 Å². The molecule has 0 bridgehead atoms. The van der Waals surface area contributed by atoms with Gasteiger partial charge in [0, 0.05) is 12.6 Å². The van der Waals surface area contributed by atoms with E-state index in [0.29, 0.717) is 16.7 Å². The van der Waals surface area contributed by atoms with Crippen molar-refractivity contribution in [1.82, 2.24) is 0 Å². The van der Waals surface area contributed by atoms with Crippen molar-refractivity contribution >= 4 is 27.3 Å². The van der Waals surface area contributed by atoms with E-state index in [2.05, 4.69) is 21.2 Å². The molecule has 5 nitrogen and oxygen atoms in total. The Labute approximate surface area is 128 Å². The van der Waals surface area contributed by atoms with Crippen LogP contribution in [0.5, 0.6) is 0 Å². The number of benzene rings is 2. The summed E-state index contributed by atoms with van der Waals surface area (Å²) in [6.45, 7) is 0.297. The second-order valence-electron chi connectivity index (χ2n) is 4.20. The van der Waals surface area contributed by atoms with E-state index in [1.807, 2.05) is 6.07 Å². The molecule has 106 valence electrons. The maximum atomic E-state index is 13.1. The summed E-state index contributed by atoms with van der Waals surface area (Å²) < 4.78 is 13.5. The Balaban J connectivity index is 2.21. The van der Waals surface area contributed by atoms with E-state index in [1.165, 1.54) is 24.3 Å². The average molecular weight is 350 g/mol. The quantitative estimate of drug-likeness (QED) is 0.668. The first-order valence-electron chi connectivity index (χ1n) is 5.87. The minimum absolute atomic E-state index is 0.171.